The molecular weight excluding hydrogens is 414 g/mol. The maximum atomic E-state index is 12.7. The van der Waals surface area contributed by atoms with E-state index in [1.54, 1.807) is 12.0 Å². The maximum absolute atomic E-state index is 12.7. The van der Waals surface area contributed by atoms with Crippen molar-refractivity contribution in [3.63, 3.8) is 0 Å². The molecule has 1 fully saturated rings. The average molecular weight is 446 g/mol. The molecule has 1 aliphatic heterocycles. The van der Waals surface area contributed by atoms with Crippen molar-refractivity contribution < 1.29 is 17.9 Å². The number of amides is 2. The van der Waals surface area contributed by atoms with E-state index in [9.17, 15) is 13.2 Å². The van der Waals surface area contributed by atoms with Crippen LogP contribution in [0.5, 0.6) is 5.75 Å². The predicted octanol–water partition coefficient (Wildman–Crippen LogP) is 3.02. The van der Waals surface area contributed by atoms with Crippen LogP contribution >= 0.6 is 0 Å². The summed E-state index contributed by atoms with van der Waals surface area (Å²) in [7, 11) is -1.75. The van der Waals surface area contributed by atoms with E-state index >= 15 is 0 Å². The quantitative estimate of drug-likeness (QED) is 0.686. The number of nitrogens with zero attached hydrogens (tertiary/aromatic N) is 1. The number of hydrogen-bond acceptors (Lipinski definition) is 4. The lowest BCUT2D eigenvalue weighted by molar-refractivity contribution is 0.134. The third-order valence-corrected chi connectivity index (χ3v) is 6.24. The second-order valence-electron chi connectivity index (χ2n) is 7.87. The van der Waals surface area contributed by atoms with Crippen molar-refractivity contribution in [3.8, 4) is 16.9 Å². The summed E-state index contributed by atoms with van der Waals surface area (Å²) >= 11 is 0. The van der Waals surface area contributed by atoms with E-state index in [0.29, 0.717) is 25.9 Å². The van der Waals surface area contributed by atoms with Crippen LogP contribution in [0.4, 0.5) is 4.79 Å². The minimum atomic E-state index is -3.39. The summed E-state index contributed by atoms with van der Waals surface area (Å²) in [6, 6.07) is 15.2. The van der Waals surface area contributed by atoms with Gasteiger partial charge in [0.15, 0.2) is 0 Å². The highest BCUT2D eigenvalue weighted by atomic mass is 32.2. The van der Waals surface area contributed by atoms with Crippen LogP contribution in [-0.2, 0) is 16.4 Å². The Morgan fingerprint density at radius 3 is 2.55 bits per heavy atom. The summed E-state index contributed by atoms with van der Waals surface area (Å²) in [5, 5.41) is 2.86. The number of urea groups is 1. The van der Waals surface area contributed by atoms with Crippen molar-refractivity contribution >= 4 is 16.1 Å². The van der Waals surface area contributed by atoms with Gasteiger partial charge in [0.2, 0.25) is 10.0 Å². The number of hydrogen-bond donors (Lipinski definition) is 2. The molecule has 1 aliphatic rings. The highest BCUT2D eigenvalue weighted by Crippen LogP contribution is 2.27. The lowest BCUT2D eigenvalue weighted by Gasteiger charge is -2.41. The van der Waals surface area contributed by atoms with Gasteiger partial charge in [0, 0.05) is 19.1 Å². The van der Waals surface area contributed by atoms with Gasteiger partial charge in [0.25, 0.3) is 0 Å². The molecule has 0 saturated carbocycles. The zero-order valence-electron chi connectivity index (χ0n) is 18.3. The molecule has 2 amide bonds. The number of piperidine rings is 1. The zero-order chi connectivity index (χ0) is 22.4. The van der Waals surface area contributed by atoms with E-state index in [-0.39, 0.29) is 18.1 Å². The fraction of sp³-hybridized carbons (Fsp3) is 0.435. The Balaban J connectivity index is 1.90. The fourth-order valence-electron chi connectivity index (χ4n) is 4.15. The minimum absolute atomic E-state index is 0.156. The first-order valence-corrected chi connectivity index (χ1v) is 12.4. The van der Waals surface area contributed by atoms with Crippen LogP contribution in [0.3, 0.4) is 0 Å². The van der Waals surface area contributed by atoms with Crippen LogP contribution < -0.4 is 14.8 Å². The molecular formula is C23H31N3O4S. The zero-order valence-corrected chi connectivity index (χ0v) is 19.1. The number of carbonyl (C=O) groups excluding carboxylic acids is 1. The van der Waals surface area contributed by atoms with E-state index in [0.717, 1.165) is 28.9 Å². The van der Waals surface area contributed by atoms with Crippen LogP contribution in [0.2, 0.25) is 0 Å². The first-order valence-electron chi connectivity index (χ1n) is 10.6. The Kier molecular flexibility index (Phi) is 7.56. The van der Waals surface area contributed by atoms with Crippen molar-refractivity contribution in [1.29, 1.82) is 0 Å². The molecule has 7 nitrogen and oxygen atoms in total. The van der Waals surface area contributed by atoms with Gasteiger partial charge in [0.05, 0.1) is 19.4 Å². The number of ether oxygens (including phenoxy) is 1. The normalized spacial score (nSPS) is 19.1. The third-order valence-electron chi connectivity index (χ3n) is 5.51. The summed E-state index contributed by atoms with van der Waals surface area (Å²) in [4.78, 5) is 14.5. The molecule has 1 saturated heterocycles. The topological polar surface area (TPSA) is 87.7 Å². The lowest BCUT2D eigenvalue weighted by atomic mass is 9.90. The first kappa shape index (κ1) is 23.1. The summed E-state index contributed by atoms with van der Waals surface area (Å²) < 4.78 is 32.0. The molecule has 3 rings (SSSR count). The molecule has 0 spiro atoms. The molecule has 0 bridgehead atoms. The molecule has 0 aliphatic carbocycles. The number of sulfonamides is 1. The SMILES string of the molecule is CCNC(=O)N1CCC[C@@H](NS(C)(=O)=O)[C@H]1Cc1cccc(-c2cccc(OC)c2)c1. The number of likely N-dealkylation sites (tertiary alicyclic amines) is 1. The van der Waals surface area contributed by atoms with Gasteiger partial charge in [0.1, 0.15) is 5.75 Å². The number of carbonyl (C=O) groups is 1. The van der Waals surface area contributed by atoms with Crippen molar-refractivity contribution in [3.05, 3.63) is 54.1 Å². The molecule has 0 radical (unpaired) electrons. The van der Waals surface area contributed by atoms with Gasteiger partial charge >= 0.3 is 6.03 Å². The second-order valence-corrected chi connectivity index (χ2v) is 9.65. The van der Waals surface area contributed by atoms with Gasteiger partial charge in [-0.15, -0.1) is 0 Å². The predicted molar refractivity (Wildman–Crippen MR) is 123 cm³/mol. The summed E-state index contributed by atoms with van der Waals surface area (Å²) in [5.41, 5.74) is 3.13. The Bertz CT molecular complexity index is 1010. The van der Waals surface area contributed by atoms with E-state index in [1.165, 1.54) is 6.26 Å². The molecule has 0 unspecified atom stereocenters. The van der Waals surface area contributed by atoms with Crippen LogP contribution in [0.25, 0.3) is 11.1 Å². The van der Waals surface area contributed by atoms with Gasteiger partial charge in [-0.2, -0.15) is 0 Å². The molecule has 31 heavy (non-hydrogen) atoms. The Morgan fingerprint density at radius 1 is 1.16 bits per heavy atom. The summed E-state index contributed by atoms with van der Waals surface area (Å²) in [6.45, 7) is 3.01. The molecule has 8 heteroatoms. The fourth-order valence-corrected chi connectivity index (χ4v) is 4.97. The Labute approximate surface area is 184 Å². The van der Waals surface area contributed by atoms with E-state index in [2.05, 4.69) is 16.1 Å². The average Bonchev–Trinajstić information content (AvgIpc) is 2.74. The third kappa shape index (κ3) is 6.21. The molecule has 2 aromatic carbocycles. The van der Waals surface area contributed by atoms with E-state index in [1.807, 2.05) is 49.4 Å². The highest BCUT2D eigenvalue weighted by molar-refractivity contribution is 7.88. The van der Waals surface area contributed by atoms with Crippen molar-refractivity contribution in [2.24, 2.45) is 0 Å². The van der Waals surface area contributed by atoms with E-state index < -0.39 is 10.0 Å². The van der Waals surface area contributed by atoms with Crippen LogP contribution in [-0.4, -0.2) is 57.9 Å². The summed E-state index contributed by atoms with van der Waals surface area (Å²) in [5.74, 6) is 0.787. The largest absolute Gasteiger partial charge is 0.497 e. The number of rotatable bonds is 7. The Morgan fingerprint density at radius 2 is 1.87 bits per heavy atom. The van der Waals surface area contributed by atoms with Crippen LogP contribution in [0.15, 0.2) is 48.5 Å². The minimum Gasteiger partial charge on any atom is -0.497 e. The molecule has 1 heterocycles. The van der Waals surface area contributed by atoms with Crippen LogP contribution in [0, 0.1) is 0 Å². The second kappa shape index (κ2) is 10.2. The first-order chi connectivity index (χ1) is 14.8. The molecule has 0 aromatic heterocycles. The summed E-state index contributed by atoms with van der Waals surface area (Å²) in [6.07, 6.45) is 3.18. The smallest absolute Gasteiger partial charge is 0.317 e. The number of benzene rings is 2. The molecule has 2 atom stereocenters. The molecule has 168 valence electrons. The number of methoxy groups -OCH3 is 1. The van der Waals surface area contributed by atoms with Gasteiger partial charge in [-0.1, -0.05) is 36.4 Å². The highest BCUT2D eigenvalue weighted by Gasteiger charge is 2.35. The lowest BCUT2D eigenvalue weighted by Crippen LogP contribution is -2.59. The standard InChI is InChI=1S/C23H31N3O4S/c1-4-24-23(27)26-13-7-12-21(25-31(3,28)29)22(26)15-17-8-5-9-18(14-17)19-10-6-11-20(16-19)30-2/h5-6,8-11,14,16,21-22,25H,4,7,12-13,15H2,1-3H3,(H,24,27)/t21-,22-/m1/s1. The number of nitrogens with one attached hydrogen (secondary N) is 2. The molecule has 2 N–H and O–H groups in total. The van der Waals surface area contributed by atoms with Gasteiger partial charge in [-0.05, 0) is 55.0 Å². The van der Waals surface area contributed by atoms with Gasteiger partial charge < -0.3 is 15.0 Å². The van der Waals surface area contributed by atoms with Gasteiger partial charge in [-0.25, -0.2) is 17.9 Å². The van der Waals surface area contributed by atoms with Crippen molar-refractivity contribution in [1.82, 2.24) is 14.9 Å². The Hall–Kier alpha value is -2.58. The maximum Gasteiger partial charge on any atom is 0.317 e. The molecule has 2 aromatic rings. The van der Waals surface area contributed by atoms with Crippen LogP contribution in [0.1, 0.15) is 25.3 Å². The van der Waals surface area contributed by atoms with E-state index in [4.69, 9.17) is 4.74 Å². The van der Waals surface area contributed by atoms with Crippen molar-refractivity contribution in [2.45, 2.75) is 38.3 Å². The monoisotopic (exact) mass is 445 g/mol. The van der Waals surface area contributed by atoms with Crippen molar-refractivity contribution in [2.75, 3.05) is 26.5 Å². The van der Waals surface area contributed by atoms with Gasteiger partial charge in [-0.3, -0.25) is 0 Å².